The first-order valence-corrected chi connectivity index (χ1v) is 14.4. The lowest BCUT2D eigenvalue weighted by atomic mass is 10.1. The number of nitrogens with zero attached hydrogens (tertiary/aromatic N) is 3. The zero-order valence-corrected chi connectivity index (χ0v) is 21.7. The highest BCUT2D eigenvalue weighted by atomic mass is 35.5. The predicted octanol–water partition coefficient (Wildman–Crippen LogP) is 4.45. The van der Waals surface area contributed by atoms with Gasteiger partial charge in [0.15, 0.2) is 5.82 Å². The third-order valence-electron chi connectivity index (χ3n) is 5.55. The molecule has 0 saturated carbocycles. The molecule has 3 aromatic carbocycles. The summed E-state index contributed by atoms with van der Waals surface area (Å²) >= 11 is 12.7. The average Bonchev–Trinajstić information content (AvgIpc) is 2.84. The molecule has 0 amide bonds. The zero-order valence-electron chi connectivity index (χ0n) is 18.5. The maximum absolute atomic E-state index is 13.1. The second-order valence-electron chi connectivity index (χ2n) is 7.99. The number of aromatic nitrogens is 2. The van der Waals surface area contributed by atoms with E-state index in [1.165, 1.54) is 30.3 Å². The van der Waals surface area contributed by atoms with E-state index in [1.54, 1.807) is 12.3 Å². The van der Waals surface area contributed by atoms with Crippen LogP contribution in [0, 0.1) is 0 Å². The van der Waals surface area contributed by atoms with Gasteiger partial charge in [0.2, 0.25) is 0 Å². The molecule has 13 heteroatoms. The zero-order chi connectivity index (χ0) is 25.5. The smallest absolute Gasteiger partial charge is 0.280 e. The average molecular weight is 564 g/mol. The molecule has 0 bridgehead atoms. The summed E-state index contributed by atoms with van der Waals surface area (Å²) in [6.45, 7) is 0.608. The number of halogens is 2. The van der Waals surface area contributed by atoms with Crippen molar-refractivity contribution >= 4 is 65.7 Å². The molecule has 0 unspecified atom stereocenters. The van der Waals surface area contributed by atoms with Gasteiger partial charge >= 0.3 is 10.2 Å². The van der Waals surface area contributed by atoms with Crippen LogP contribution < -0.4 is 13.7 Å². The third-order valence-corrected chi connectivity index (χ3v) is 9.29. The predicted molar refractivity (Wildman–Crippen MR) is 141 cm³/mol. The number of sulfonamides is 1. The number of nitrogens with one attached hydrogen (secondary N) is 2. The molecular weight excluding hydrogens is 545 g/mol. The lowest BCUT2D eigenvalue weighted by molar-refractivity contribution is 0.560. The SMILES string of the molecule is O=S(=O)(Nc1ccc(Cl)c(-c2ncc3ccccc3n2)c1)c1ccc(N2CCCNS2(=O)=O)cc1Cl. The molecule has 0 radical (unpaired) electrons. The molecule has 2 N–H and O–H groups in total. The normalized spacial score (nSPS) is 15.7. The second-order valence-corrected chi connectivity index (χ2v) is 12.1. The molecule has 186 valence electrons. The van der Waals surface area contributed by atoms with Gasteiger partial charge in [-0.3, -0.25) is 9.03 Å². The van der Waals surface area contributed by atoms with Gasteiger partial charge < -0.3 is 0 Å². The summed E-state index contributed by atoms with van der Waals surface area (Å²) in [5.41, 5.74) is 1.68. The minimum Gasteiger partial charge on any atom is -0.280 e. The van der Waals surface area contributed by atoms with Crippen LogP contribution in [0.5, 0.6) is 0 Å². The van der Waals surface area contributed by atoms with E-state index in [9.17, 15) is 16.8 Å². The minimum absolute atomic E-state index is 0.118. The highest BCUT2D eigenvalue weighted by Crippen LogP contribution is 2.33. The van der Waals surface area contributed by atoms with Crippen molar-refractivity contribution in [1.82, 2.24) is 14.7 Å². The molecule has 1 fully saturated rings. The Hall–Kier alpha value is -2.96. The molecule has 0 atom stereocenters. The van der Waals surface area contributed by atoms with Crippen LogP contribution in [0.1, 0.15) is 6.42 Å². The van der Waals surface area contributed by atoms with Gasteiger partial charge in [0.1, 0.15) is 4.90 Å². The molecule has 9 nitrogen and oxygen atoms in total. The Morgan fingerprint density at radius 3 is 2.58 bits per heavy atom. The van der Waals surface area contributed by atoms with Gasteiger partial charge in [-0.15, -0.1) is 0 Å². The Labute approximate surface area is 218 Å². The lowest BCUT2D eigenvalue weighted by Crippen LogP contribution is -2.47. The first-order chi connectivity index (χ1) is 17.1. The molecule has 1 aromatic heterocycles. The van der Waals surface area contributed by atoms with Gasteiger partial charge in [0.25, 0.3) is 10.0 Å². The van der Waals surface area contributed by atoms with E-state index in [0.717, 1.165) is 15.2 Å². The number of para-hydroxylation sites is 1. The van der Waals surface area contributed by atoms with Crippen LogP contribution in [0.4, 0.5) is 11.4 Å². The summed E-state index contributed by atoms with van der Waals surface area (Å²) in [6.07, 6.45) is 2.28. The Kier molecular flexibility index (Phi) is 6.52. The Morgan fingerprint density at radius 2 is 1.81 bits per heavy atom. The quantitative estimate of drug-likeness (QED) is 0.370. The molecule has 0 aliphatic carbocycles. The maximum Gasteiger partial charge on any atom is 0.301 e. The van der Waals surface area contributed by atoms with Gasteiger partial charge in [-0.05, 0) is 48.9 Å². The monoisotopic (exact) mass is 563 g/mol. The molecule has 1 aliphatic heterocycles. The number of hydrogen-bond donors (Lipinski definition) is 2. The number of benzene rings is 3. The maximum atomic E-state index is 13.1. The first-order valence-electron chi connectivity index (χ1n) is 10.8. The van der Waals surface area contributed by atoms with Crippen LogP contribution in [-0.4, -0.2) is 39.9 Å². The van der Waals surface area contributed by atoms with Crippen LogP contribution in [0.3, 0.4) is 0 Å². The van der Waals surface area contributed by atoms with Crippen molar-refractivity contribution < 1.29 is 16.8 Å². The van der Waals surface area contributed by atoms with Crippen molar-refractivity contribution in [2.24, 2.45) is 0 Å². The summed E-state index contributed by atoms with van der Waals surface area (Å²) < 4.78 is 56.9. The minimum atomic E-state index is -4.12. The molecule has 5 rings (SSSR count). The van der Waals surface area contributed by atoms with Crippen molar-refractivity contribution in [3.63, 3.8) is 0 Å². The van der Waals surface area contributed by atoms with Crippen LogP contribution in [0.15, 0.2) is 71.8 Å². The fourth-order valence-corrected chi connectivity index (χ4v) is 6.94. The van der Waals surface area contributed by atoms with Crippen molar-refractivity contribution in [2.75, 3.05) is 22.1 Å². The van der Waals surface area contributed by atoms with Gasteiger partial charge in [0, 0.05) is 35.9 Å². The Morgan fingerprint density at radius 1 is 1.00 bits per heavy atom. The largest absolute Gasteiger partial charge is 0.301 e. The fraction of sp³-hybridized carbons (Fsp3) is 0.130. The Balaban J connectivity index is 1.45. The highest BCUT2D eigenvalue weighted by molar-refractivity contribution is 7.93. The van der Waals surface area contributed by atoms with E-state index in [2.05, 4.69) is 19.4 Å². The molecule has 2 heterocycles. The topological polar surface area (TPSA) is 121 Å². The fourth-order valence-electron chi connectivity index (χ4n) is 3.82. The van der Waals surface area contributed by atoms with Gasteiger partial charge in [-0.1, -0.05) is 41.4 Å². The van der Waals surface area contributed by atoms with Crippen LogP contribution in [-0.2, 0) is 20.2 Å². The molecule has 4 aromatic rings. The number of rotatable bonds is 5. The van der Waals surface area contributed by atoms with Crippen molar-refractivity contribution in [3.05, 3.63) is 76.9 Å². The first kappa shape index (κ1) is 24.7. The van der Waals surface area contributed by atoms with Crippen molar-refractivity contribution in [3.8, 4) is 11.4 Å². The summed E-state index contributed by atoms with van der Waals surface area (Å²) in [5, 5.41) is 1.10. The van der Waals surface area contributed by atoms with Crippen LogP contribution >= 0.6 is 23.2 Å². The summed E-state index contributed by atoms with van der Waals surface area (Å²) in [4.78, 5) is 8.69. The molecular formula is C23H19Cl2N5O4S2. The number of anilines is 2. The Bertz CT molecular complexity index is 1700. The standard InChI is InChI=1S/C23H19Cl2N5O4S2/c24-19-8-6-16(12-18(19)23-26-14-15-4-1-2-5-21(15)28-23)29-35(31,32)22-9-7-17(13-20(22)25)30-11-3-10-27-36(30,33)34/h1-2,4-9,12-14,27,29H,3,10-11H2. The van der Waals surface area contributed by atoms with E-state index < -0.39 is 20.2 Å². The van der Waals surface area contributed by atoms with Crippen LogP contribution in [0.2, 0.25) is 10.0 Å². The number of hydrogen-bond acceptors (Lipinski definition) is 6. The number of fused-ring (bicyclic) bond motifs is 1. The lowest BCUT2D eigenvalue weighted by Gasteiger charge is -2.28. The van der Waals surface area contributed by atoms with Gasteiger partial charge in [-0.25, -0.2) is 18.4 Å². The summed E-state index contributed by atoms with van der Waals surface area (Å²) in [5.74, 6) is 0.346. The van der Waals surface area contributed by atoms with Gasteiger partial charge in [-0.2, -0.15) is 13.1 Å². The molecule has 36 heavy (non-hydrogen) atoms. The van der Waals surface area contributed by atoms with Crippen molar-refractivity contribution in [1.29, 1.82) is 0 Å². The van der Waals surface area contributed by atoms with E-state index >= 15 is 0 Å². The van der Waals surface area contributed by atoms with E-state index in [0.29, 0.717) is 29.4 Å². The van der Waals surface area contributed by atoms with Gasteiger partial charge in [0.05, 0.1) is 21.2 Å². The molecule has 1 saturated heterocycles. The summed E-state index contributed by atoms with van der Waals surface area (Å²) in [6, 6.07) is 16.1. The second kappa shape index (κ2) is 9.49. The molecule has 1 aliphatic rings. The molecule has 0 spiro atoms. The van der Waals surface area contributed by atoms with Crippen LogP contribution in [0.25, 0.3) is 22.3 Å². The third kappa shape index (κ3) is 4.84. The highest BCUT2D eigenvalue weighted by Gasteiger charge is 2.27. The van der Waals surface area contributed by atoms with Crippen molar-refractivity contribution in [2.45, 2.75) is 11.3 Å². The van der Waals surface area contributed by atoms with E-state index in [-0.39, 0.29) is 27.8 Å². The summed E-state index contributed by atoms with van der Waals surface area (Å²) in [7, 11) is -7.82. The van der Waals surface area contributed by atoms with E-state index in [4.69, 9.17) is 23.2 Å². The van der Waals surface area contributed by atoms with E-state index in [1.807, 2.05) is 24.3 Å².